The molecule has 3 nitrogen and oxygen atoms in total. The number of rotatable bonds is 5. The molecule has 0 aliphatic heterocycles. The normalized spacial score (nSPS) is 8.88. The van der Waals surface area contributed by atoms with Gasteiger partial charge in [0.15, 0.2) is 11.5 Å². The van der Waals surface area contributed by atoms with E-state index in [-0.39, 0.29) is 24.5 Å². The highest BCUT2D eigenvalue weighted by atomic mass is 35.5. The minimum absolute atomic E-state index is 0.00754. The van der Waals surface area contributed by atoms with E-state index in [0.29, 0.717) is 5.75 Å². The van der Waals surface area contributed by atoms with Crippen molar-refractivity contribution in [3.63, 3.8) is 0 Å². The monoisotopic (exact) mass is 248 g/mol. The summed E-state index contributed by atoms with van der Waals surface area (Å²) in [5.41, 5.74) is 0.191. The third-order valence-electron chi connectivity index (χ3n) is 1.80. The van der Waals surface area contributed by atoms with Gasteiger partial charge in [-0.2, -0.15) is 0 Å². The lowest BCUT2D eigenvalue weighted by Gasteiger charge is -2.12. The zero-order valence-corrected chi connectivity index (χ0v) is 9.66. The Morgan fingerprint density at radius 2 is 1.88 bits per heavy atom. The number of hydrogen-bond acceptors (Lipinski definition) is 3. The molecule has 0 aliphatic carbocycles. The Kier molecular flexibility index (Phi) is 4.94. The molecule has 1 aromatic carbocycles. The molecule has 1 rings (SSSR count). The SMILES string of the molecule is C#CCOc1cccc(C(=O)Cl)c1OCC#C. The van der Waals surface area contributed by atoms with Crippen molar-refractivity contribution < 1.29 is 14.3 Å². The summed E-state index contributed by atoms with van der Waals surface area (Å²) in [6.45, 7) is 0.0694. The van der Waals surface area contributed by atoms with Crippen molar-refractivity contribution in [2.24, 2.45) is 0 Å². The minimum atomic E-state index is -0.650. The summed E-state index contributed by atoms with van der Waals surface area (Å²) in [6.07, 6.45) is 10.2. The lowest BCUT2D eigenvalue weighted by Crippen LogP contribution is -2.04. The first kappa shape index (κ1) is 13.0. The largest absolute Gasteiger partial charge is 0.477 e. The fourth-order valence-corrected chi connectivity index (χ4v) is 1.32. The molecule has 17 heavy (non-hydrogen) atoms. The van der Waals surface area contributed by atoms with Gasteiger partial charge in [0.1, 0.15) is 13.2 Å². The van der Waals surface area contributed by atoms with Crippen LogP contribution in [0.5, 0.6) is 11.5 Å². The highest BCUT2D eigenvalue weighted by Gasteiger charge is 2.15. The highest BCUT2D eigenvalue weighted by molar-refractivity contribution is 6.68. The third-order valence-corrected chi connectivity index (χ3v) is 2.01. The Balaban J connectivity index is 3.11. The fourth-order valence-electron chi connectivity index (χ4n) is 1.17. The third kappa shape index (κ3) is 3.45. The Labute approximate surface area is 105 Å². The molecule has 0 fully saturated rings. The van der Waals surface area contributed by atoms with Gasteiger partial charge in [-0.05, 0) is 23.7 Å². The smallest absolute Gasteiger partial charge is 0.256 e. The lowest BCUT2D eigenvalue weighted by atomic mass is 10.2. The van der Waals surface area contributed by atoms with Crippen LogP contribution >= 0.6 is 11.6 Å². The molecule has 0 N–H and O–H groups in total. The maximum Gasteiger partial charge on any atom is 0.256 e. The van der Waals surface area contributed by atoms with Crippen LogP contribution < -0.4 is 9.47 Å². The second kappa shape index (κ2) is 6.48. The fraction of sp³-hybridized carbons (Fsp3) is 0.154. The van der Waals surface area contributed by atoms with Crippen LogP contribution in [0, 0.1) is 24.7 Å². The van der Waals surface area contributed by atoms with E-state index in [4.69, 9.17) is 33.9 Å². The van der Waals surface area contributed by atoms with Crippen LogP contribution in [-0.2, 0) is 0 Å². The molecule has 0 spiro atoms. The van der Waals surface area contributed by atoms with Crippen molar-refractivity contribution in [2.75, 3.05) is 13.2 Å². The van der Waals surface area contributed by atoms with Gasteiger partial charge in [0, 0.05) is 0 Å². The molecular formula is C13H9ClO3. The van der Waals surface area contributed by atoms with Crippen molar-refractivity contribution in [1.82, 2.24) is 0 Å². The zero-order valence-electron chi connectivity index (χ0n) is 8.90. The van der Waals surface area contributed by atoms with Gasteiger partial charge in [-0.25, -0.2) is 0 Å². The van der Waals surface area contributed by atoms with E-state index in [9.17, 15) is 4.79 Å². The van der Waals surface area contributed by atoms with Gasteiger partial charge in [-0.3, -0.25) is 4.79 Å². The van der Waals surface area contributed by atoms with Gasteiger partial charge < -0.3 is 9.47 Å². The second-order valence-corrected chi connectivity index (χ2v) is 3.24. The molecular weight excluding hydrogens is 240 g/mol. The summed E-state index contributed by atoms with van der Waals surface area (Å²) >= 11 is 5.43. The van der Waals surface area contributed by atoms with Gasteiger partial charge in [0.25, 0.3) is 5.24 Å². The van der Waals surface area contributed by atoms with Crippen molar-refractivity contribution in [1.29, 1.82) is 0 Å². The first-order valence-electron chi connectivity index (χ1n) is 4.66. The first-order chi connectivity index (χ1) is 8.20. The maximum atomic E-state index is 11.2. The van der Waals surface area contributed by atoms with E-state index >= 15 is 0 Å². The lowest BCUT2D eigenvalue weighted by molar-refractivity contribution is 0.107. The number of para-hydroxylation sites is 1. The molecule has 0 bridgehead atoms. The van der Waals surface area contributed by atoms with Crippen LogP contribution in [0.2, 0.25) is 0 Å². The average molecular weight is 249 g/mol. The predicted molar refractivity (Wildman–Crippen MR) is 65.3 cm³/mol. The second-order valence-electron chi connectivity index (χ2n) is 2.89. The van der Waals surface area contributed by atoms with Crippen LogP contribution in [-0.4, -0.2) is 18.5 Å². The molecule has 4 heteroatoms. The molecule has 0 heterocycles. The highest BCUT2D eigenvalue weighted by Crippen LogP contribution is 2.32. The standard InChI is InChI=1S/C13H9ClO3/c1-3-8-16-11-7-5-6-10(13(14)15)12(11)17-9-4-2/h1-2,5-7H,8-9H2. The van der Waals surface area contributed by atoms with Crippen molar-refractivity contribution in [3.8, 4) is 36.2 Å². The number of hydrogen-bond donors (Lipinski definition) is 0. The van der Waals surface area contributed by atoms with E-state index in [1.165, 1.54) is 6.07 Å². The molecule has 0 aliphatic rings. The number of terminal acetylenes is 2. The quantitative estimate of drug-likeness (QED) is 0.591. The average Bonchev–Trinajstić information content (AvgIpc) is 2.33. The predicted octanol–water partition coefficient (Wildman–Crippen LogP) is 2.09. The molecule has 1 aromatic rings. The minimum Gasteiger partial charge on any atom is -0.477 e. The van der Waals surface area contributed by atoms with E-state index in [0.717, 1.165) is 0 Å². The van der Waals surface area contributed by atoms with Gasteiger partial charge in [0.2, 0.25) is 0 Å². The molecule has 0 saturated heterocycles. The van der Waals surface area contributed by atoms with Crippen LogP contribution in [0.25, 0.3) is 0 Å². The summed E-state index contributed by atoms with van der Waals surface area (Å²) < 4.78 is 10.5. The van der Waals surface area contributed by atoms with Crippen LogP contribution in [0.15, 0.2) is 18.2 Å². The Morgan fingerprint density at radius 1 is 1.24 bits per heavy atom. The van der Waals surface area contributed by atoms with Gasteiger partial charge >= 0.3 is 0 Å². The number of benzene rings is 1. The molecule has 0 unspecified atom stereocenters. The Morgan fingerprint density at radius 3 is 2.47 bits per heavy atom. The van der Waals surface area contributed by atoms with Gasteiger partial charge in [-0.15, -0.1) is 12.8 Å². The summed E-state index contributed by atoms with van der Waals surface area (Å²) in [7, 11) is 0. The summed E-state index contributed by atoms with van der Waals surface area (Å²) in [6, 6.07) is 4.75. The molecule has 0 aromatic heterocycles. The Hall–Kier alpha value is -2.10. The van der Waals surface area contributed by atoms with Crippen molar-refractivity contribution >= 4 is 16.8 Å². The van der Waals surface area contributed by atoms with Crippen LogP contribution in [0.4, 0.5) is 0 Å². The molecule has 0 saturated carbocycles. The van der Waals surface area contributed by atoms with E-state index in [1.54, 1.807) is 12.1 Å². The van der Waals surface area contributed by atoms with Crippen LogP contribution in [0.1, 0.15) is 10.4 Å². The van der Waals surface area contributed by atoms with Gasteiger partial charge in [0.05, 0.1) is 5.56 Å². The van der Waals surface area contributed by atoms with Crippen molar-refractivity contribution in [2.45, 2.75) is 0 Å². The summed E-state index contributed by atoms with van der Waals surface area (Å²) in [4.78, 5) is 11.2. The topological polar surface area (TPSA) is 35.5 Å². The van der Waals surface area contributed by atoms with E-state index < -0.39 is 5.24 Å². The number of halogens is 1. The molecule has 86 valence electrons. The van der Waals surface area contributed by atoms with E-state index in [2.05, 4.69) is 11.8 Å². The maximum absolute atomic E-state index is 11.2. The summed E-state index contributed by atoms with van der Waals surface area (Å²) in [5, 5.41) is -0.650. The molecule has 0 amide bonds. The van der Waals surface area contributed by atoms with Crippen LogP contribution in [0.3, 0.4) is 0 Å². The first-order valence-corrected chi connectivity index (χ1v) is 5.04. The summed E-state index contributed by atoms with van der Waals surface area (Å²) in [5.74, 6) is 5.15. The number of carbonyl (C=O) groups is 1. The van der Waals surface area contributed by atoms with E-state index in [1.807, 2.05) is 0 Å². The molecule has 0 radical (unpaired) electrons. The van der Waals surface area contributed by atoms with Gasteiger partial charge in [-0.1, -0.05) is 17.9 Å². The zero-order chi connectivity index (χ0) is 12.7. The number of carbonyl (C=O) groups excluding carboxylic acids is 1. The number of ether oxygens (including phenoxy) is 2. The molecule has 0 atom stereocenters. The van der Waals surface area contributed by atoms with Crippen molar-refractivity contribution in [3.05, 3.63) is 23.8 Å². The Bertz CT molecular complexity index is 494.